The van der Waals surface area contributed by atoms with Crippen molar-refractivity contribution in [2.75, 3.05) is 37.6 Å². The van der Waals surface area contributed by atoms with E-state index < -0.39 is 0 Å². The predicted octanol–water partition coefficient (Wildman–Crippen LogP) is 2.08. The molecule has 3 nitrogen and oxygen atoms in total. The summed E-state index contributed by atoms with van der Waals surface area (Å²) in [5, 5.41) is 0. The highest BCUT2D eigenvalue weighted by Crippen LogP contribution is 2.20. The van der Waals surface area contributed by atoms with Crippen LogP contribution in [-0.4, -0.2) is 43.7 Å². The predicted molar refractivity (Wildman–Crippen MR) is 77.9 cm³/mol. The van der Waals surface area contributed by atoms with Gasteiger partial charge in [-0.05, 0) is 18.6 Å². The molecule has 1 aliphatic rings. The molecule has 1 aliphatic heterocycles. The lowest BCUT2D eigenvalue weighted by Gasteiger charge is -2.37. The molecule has 0 spiro atoms. The summed E-state index contributed by atoms with van der Waals surface area (Å²) in [6.07, 6.45) is 2.21. The molecule has 1 aromatic rings. The van der Waals surface area contributed by atoms with E-state index in [9.17, 15) is 4.39 Å². The van der Waals surface area contributed by atoms with Crippen molar-refractivity contribution in [1.29, 1.82) is 0 Å². The summed E-state index contributed by atoms with van der Waals surface area (Å²) in [4.78, 5) is 4.51. The van der Waals surface area contributed by atoms with Gasteiger partial charge in [0.1, 0.15) is 5.82 Å². The Morgan fingerprint density at radius 2 is 1.89 bits per heavy atom. The summed E-state index contributed by atoms with van der Waals surface area (Å²) in [7, 11) is 0. The zero-order valence-corrected chi connectivity index (χ0v) is 11.7. The summed E-state index contributed by atoms with van der Waals surface area (Å²) < 4.78 is 13.7. The Balaban J connectivity index is 1.84. The minimum absolute atomic E-state index is 0.126. The second-order valence-corrected chi connectivity index (χ2v) is 5.29. The quantitative estimate of drug-likeness (QED) is 0.884. The maximum Gasteiger partial charge on any atom is 0.146 e. The molecule has 1 fully saturated rings. The third-order valence-electron chi connectivity index (χ3n) is 3.72. The molecule has 4 heteroatoms. The SMILES string of the molecule is CCCC(N)CN1CCN(c2ccccc2F)CC1. The van der Waals surface area contributed by atoms with Crippen LogP contribution in [0.2, 0.25) is 0 Å². The maximum absolute atomic E-state index is 13.7. The first-order valence-corrected chi connectivity index (χ1v) is 7.18. The molecule has 0 aromatic heterocycles. The Bertz CT molecular complexity index is 389. The van der Waals surface area contributed by atoms with Crippen molar-refractivity contribution in [3.05, 3.63) is 30.1 Å². The summed E-state index contributed by atoms with van der Waals surface area (Å²) >= 11 is 0. The molecule has 1 heterocycles. The summed E-state index contributed by atoms with van der Waals surface area (Å²) in [5.74, 6) is -0.126. The van der Waals surface area contributed by atoms with Crippen LogP contribution in [0.3, 0.4) is 0 Å². The number of hydrogen-bond acceptors (Lipinski definition) is 3. The van der Waals surface area contributed by atoms with Gasteiger partial charge in [0.2, 0.25) is 0 Å². The molecule has 1 saturated heterocycles. The number of anilines is 1. The van der Waals surface area contributed by atoms with Crippen molar-refractivity contribution in [3.63, 3.8) is 0 Å². The lowest BCUT2D eigenvalue weighted by Crippen LogP contribution is -2.50. The molecule has 2 N–H and O–H groups in total. The topological polar surface area (TPSA) is 32.5 Å². The van der Waals surface area contributed by atoms with Crippen molar-refractivity contribution in [2.45, 2.75) is 25.8 Å². The third-order valence-corrected chi connectivity index (χ3v) is 3.72. The fourth-order valence-electron chi connectivity index (χ4n) is 2.67. The van der Waals surface area contributed by atoms with Gasteiger partial charge in [0.25, 0.3) is 0 Å². The second-order valence-electron chi connectivity index (χ2n) is 5.29. The fourth-order valence-corrected chi connectivity index (χ4v) is 2.67. The number of nitrogens with zero attached hydrogens (tertiary/aromatic N) is 2. The highest BCUT2D eigenvalue weighted by Gasteiger charge is 2.20. The zero-order chi connectivity index (χ0) is 13.7. The van der Waals surface area contributed by atoms with E-state index in [1.807, 2.05) is 12.1 Å². The van der Waals surface area contributed by atoms with Crippen LogP contribution < -0.4 is 10.6 Å². The van der Waals surface area contributed by atoms with Gasteiger partial charge in [0.15, 0.2) is 0 Å². The standard InChI is InChI=1S/C15H24FN3/c1-2-5-13(17)12-18-8-10-19(11-9-18)15-7-4-3-6-14(15)16/h3-4,6-7,13H,2,5,8-12,17H2,1H3. The van der Waals surface area contributed by atoms with Crippen molar-refractivity contribution < 1.29 is 4.39 Å². The van der Waals surface area contributed by atoms with E-state index in [0.717, 1.165) is 51.3 Å². The molecule has 19 heavy (non-hydrogen) atoms. The van der Waals surface area contributed by atoms with E-state index in [-0.39, 0.29) is 11.9 Å². The molecule has 2 rings (SSSR count). The largest absolute Gasteiger partial charge is 0.367 e. The number of piperazine rings is 1. The summed E-state index contributed by atoms with van der Waals surface area (Å²) in [6.45, 7) is 6.80. The van der Waals surface area contributed by atoms with E-state index in [2.05, 4.69) is 16.7 Å². The van der Waals surface area contributed by atoms with Crippen LogP contribution in [0.4, 0.5) is 10.1 Å². The lowest BCUT2D eigenvalue weighted by molar-refractivity contribution is 0.238. The van der Waals surface area contributed by atoms with Gasteiger partial charge in [-0.15, -0.1) is 0 Å². The molecule has 106 valence electrons. The molecule has 1 aromatic carbocycles. The molecule has 0 bridgehead atoms. The van der Waals surface area contributed by atoms with Crippen LogP contribution in [0, 0.1) is 5.82 Å². The number of rotatable bonds is 5. The van der Waals surface area contributed by atoms with Gasteiger partial charge in [-0.2, -0.15) is 0 Å². The third kappa shape index (κ3) is 3.91. The van der Waals surface area contributed by atoms with Gasteiger partial charge >= 0.3 is 0 Å². The van der Waals surface area contributed by atoms with Crippen LogP contribution in [-0.2, 0) is 0 Å². The van der Waals surface area contributed by atoms with Crippen LogP contribution in [0.5, 0.6) is 0 Å². The van der Waals surface area contributed by atoms with E-state index in [0.29, 0.717) is 0 Å². The normalized spacial score (nSPS) is 18.6. The summed E-state index contributed by atoms with van der Waals surface area (Å²) in [6, 6.07) is 7.28. The molecule has 0 radical (unpaired) electrons. The van der Waals surface area contributed by atoms with Crippen molar-refractivity contribution in [2.24, 2.45) is 5.73 Å². The molecule has 0 aliphatic carbocycles. The van der Waals surface area contributed by atoms with E-state index in [1.165, 1.54) is 6.07 Å². The number of benzene rings is 1. The molecule has 0 amide bonds. The average Bonchev–Trinajstić information content (AvgIpc) is 2.41. The van der Waals surface area contributed by atoms with E-state index in [4.69, 9.17) is 5.73 Å². The first-order chi connectivity index (χ1) is 9.20. The molecule has 0 saturated carbocycles. The fraction of sp³-hybridized carbons (Fsp3) is 0.600. The van der Waals surface area contributed by atoms with Gasteiger partial charge in [0, 0.05) is 38.8 Å². The van der Waals surface area contributed by atoms with Gasteiger partial charge in [-0.1, -0.05) is 25.5 Å². The van der Waals surface area contributed by atoms with Crippen LogP contribution in [0.15, 0.2) is 24.3 Å². The van der Waals surface area contributed by atoms with Crippen LogP contribution >= 0.6 is 0 Å². The van der Waals surface area contributed by atoms with Crippen molar-refractivity contribution in [3.8, 4) is 0 Å². The first kappa shape index (κ1) is 14.3. The maximum atomic E-state index is 13.7. The van der Waals surface area contributed by atoms with Gasteiger partial charge in [-0.3, -0.25) is 4.90 Å². The van der Waals surface area contributed by atoms with Crippen LogP contribution in [0.1, 0.15) is 19.8 Å². The monoisotopic (exact) mass is 265 g/mol. The first-order valence-electron chi connectivity index (χ1n) is 7.18. The highest BCUT2D eigenvalue weighted by molar-refractivity contribution is 5.47. The lowest BCUT2D eigenvalue weighted by atomic mass is 10.1. The Labute approximate surface area is 115 Å². The van der Waals surface area contributed by atoms with E-state index in [1.54, 1.807) is 6.07 Å². The van der Waals surface area contributed by atoms with Crippen LogP contribution in [0.25, 0.3) is 0 Å². The highest BCUT2D eigenvalue weighted by atomic mass is 19.1. The zero-order valence-electron chi connectivity index (χ0n) is 11.7. The molecule has 1 unspecified atom stereocenters. The smallest absolute Gasteiger partial charge is 0.146 e. The Hall–Kier alpha value is -1.13. The molecule has 1 atom stereocenters. The number of para-hydroxylation sites is 1. The number of nitrogens with two attached hydrogens (primary N) is 1. The van der Waals surface area contributed by atoms with Crippen molar-refractivity contribution >= 4 is 5.69 Å². The van der Waals surface area contributed by atoms with Gasteiger partial charge in [0.05, 0.1) is 5.69 Å². The minimum atomic E-state index is -0.126. The average molecular weight is 265 g/mol. The van der Waals surface area contributed by atoms with Gasteiger partial charge in [-0.25, -0.2) is 4.39 Å². The second kappa shape index (κ2) is 6.87. The minimum Gasteiger partial charge on any atom is -0.367 e. The molecular formula is C15H24FN3. The Kier molecular flexibility index (Phi) is 5.16. The summed E-state index contributed by atoms with van der Waals surface area (Å²) in [5.41, 5.74) is 6.79. The van der Waals surface area contributed by atoms with E-state index >= 15 is 0 Å². The van der Waals surface area contributed by atoms with Gasteiger partial charge < -0.3 is 10.6 Å². The molecular weight excluding hydrogens is 241 g/mol. The van der Waals surface area contributed by atoms with Crippen molar-refractivity contribution in [1.82, 2.24) is 4.90 Å². The number of halogens is 1. The Morgan fingerprint density at radius 1 is 1.21 bits per heavy atom. The number of hydrogen-bond donors (Lipinski definition) is 1. The Morgan fingerprint density at radius 3 is 2.53 bits per heavy atom.